The Morgan fingerprint density at radius 1 is 0.812 bits per heavy atom. The van der Waals surface area contributed by atoms with E-state index >= 15 is 0 Å². The maximum Gasteiger partial charge on any atom is 0.155 e. The van der Waals surface area contributed by atoms with E-state index in [1.165, 1.54) is 11.1 Å². The maximum atomic E-state index is 6.78. The van der Waals surface area contributed by atoms with Gasteiger partial charge < -0.3 is 16.0 Å². The van der Waals surface area contributed by atoms with E-state index in [0.29, 0.717) is 11.6 Å². The first-order valence-corrected chi connectivity index (χ1v) is 10.9. The molecule has 3 N–H and O–H groups in total. The zero-order chi connectivity index (χ0) is 21.6. The summed E-state index contributed by atoms with van der Waals surface area (Å²) in [6.45, 7) is 6.72. The zero-order valence-corrected chi connectivity index (χ0v) is 19.5. The van der Waals surface area contributed by atoms with Gasteiger partial charge in [-0.15, -0.1) is 12.4 Å². The van der Waals surface area contributed by atoms with Crippen LogP contribution in [0.15, 0.2) is 84.9 Å². The molecule has 0 radical (unpaired) electrons. The number of rotatable bonds is 8. The van der Waals surface area contributed by atoms with E-state index in [4.69, 9.17) is 10.7 Å². The smallest absolute Gasteiger partial charge is 0.155 e. The molecule has 0 amide bonds. The van der Waals surface area contributed by atoms with Gasteiger partial charge in [-0.3, -0.25) is 0 Å². The summed E-state index contributed by atoms with van der Waals surface area (Å²) in [6.07, 6.45) is 0. The third-order valence-electron chi connectivity index (χ3n) is 5.33. The van der Waals surface area contributed by atoms with E-state index in [2.05, 4.69) is 84.7 Å². The average molecular weight is 447 g/mol. The molecular weight excluding hydrogens is 416 g/mol. The highest BCUT2D eigenvalue weighted by Gasteiger charge is 2.19. The molecule has 3 aromatic carbocycles. The second kappa shape index (κ2) is 10.9. The van der Waals surface area contributed by atoms with Gasteiger partial charge >= 0.3 is 0 Å². The van der Waals surface area contributed by atoms with Crippen LogP contribution in [0, 0.1) is 5.92 Å². The Hall–Kier alpha value is -3.24. The van der Waals surface area contributed by atoms with Gasteiger partial charge in [-0.25, -0.2) is 4.98 Å². The van der Waals surface area contributed by atoms with Gasteiger partial charge in [-0.1, -0.05) is 92.7 Å². The molecular formula is C27H31ClN4. The van der Waals surface area contributed by atoms with Crippen LogP contribution in [0.2, 0.25) is 0 Å². The van der Waals surface area contributed by atoms with E-state index in [9.17, 15) is 0 Å². The van der Waals surface area contributed by atoms with E-state index in [0.717, 1.165) is 42.0 Å². The summed E-state index contributed by atoms with van der Waals surface area (Å²) in [5.41, 5.74) is 11.9. The molecule has 4 nitrogen and oxygen atoms in total. The highest BCUT2D eigenvalue weighted by Crippen LogP contribution is 2.37. The van der Waals surface area contributed by atoms with Crippen LogP contribution in [0.4, 0.5) is 17.2 Å². The molecule has 4 aromatic rings. The molecule has 0 spiro atoms. The number of aromatic nitrogens is 1. The number of para-hydroxylation sites is 1. The normalized spacial score (nSPS) is 10.7. The molecule has 0 atom stereocenters. The Morgan fingerprint density at radius 3 is 1.91 bits per heavy atom. The Morgan fingerprint density at radius 2 is 1.34 bits per heavy atom. The fourth-order valence-corrected chi connectivity index (χ4v) is 3.76. The molecule has 0 aliphatic heterocycles. The highest BCUT2D eigenvalue weighted by molar-refractivity contribution is 6.01. The molecule has 0 bridgehead atoms. The molecule has 0 saturated carbocycles. The Bertz CT molecular complexity index is 1090. The van der Waals surface area contributed by atoms with Crippen molar-refractivity contribution in [1.29, 1.82) is 0 Å². The first-order chi connectivity index (χ1) is 15.1. The van der Waals surface area contributed by atoms with Gasteiger partial charge in [0.15, 0.2) is 5.82 Å². The number of nitrogens with zero attached hydrogens (tertiary/aromatic N) is 2. The highest BCUT2D eigenvalue weighted by atomic mass is 35.5. The van der Waals surface area contributed by atoms with Crippen molar-refractivity contribution in [3.63, 3.8) is 0 Å². The predicted octanol–water partition coefficient (Wildman–Crippen LogP) is 6.51. The van der Waals surface area contributed by atoms with Crippen molar-refractivity contribution >= 4 is 40.5 Å². The SMILES string of the molecule is CC(C)CNc1c(N)c(N(Cc2ccccc2)Cc2ccccc2)nc2ccccc12.Cl. The summed E-state index contributed by atoms with van der Waals surface area (Å²) in [7, 11) is 0. The van der Waals surface area contributed by atoms with Crippen LogP contribution in [0.3, 0.4) is 0 Å². The summed E-state index contributed by atoms with van der Waals surface area (Å²) in [6, 6.07) is 29.2. The Labute approximate surface area is 196 Å². The summed E-state index contributed by atoms with van der Waals surface area (Å²) in [4.78, 5) is 7.29. The molecule has 0 fully saturated rings. The topological polar surface area (TPSA) is 54.2 Å². The largest absolute Gasteiger partial charge is 0.394 e. The molecule has 0 saturated heterocycles. The first-order valence-electron chi connectivity index (χ1n) is 10.9. The second-order valence-corrected chi connectivity index (χ2v) is 8.34. The second-order valence-electron chi connectivity index (χ2n) is 8.34. The van der Waals surface area contributed by atoms with Crippen molar-refractivity contribution in [2.45, 2.75) is 26.9 Å². The van der Waals surface area contributed by atoms with Crippen molar-refractivity contribution in [1.82, 2.24) is 4.98 Å². The minimum Gasteiger partial charge on any atom is -0.394 e. The summed E-state index contributed by atoms with van der Waals surface area (Å²) in [5, 5.41) is 4.65. The molecule has 5 heteroatoms. The minimum atomic E-state index is 0. The number of halogens is 1. The number of fused-ring (bicyclic) bond motifs is 1. The van der Waals surface area contributed by atoms with Crippen molar-refractivity contribution in [2.75, 3.05) is 22.5 Å². The summed E-state index contributed by atoms with van der Waals surface area (Å²) < 4.78 is 0. The lowest BCUT2D eigenvalue weighted by Gasteiger charge is -2.27. The third kappa shape index (κ3) is 5.51. The maximum absolute atomic E-state index is 6.78. The fraction of sp³-hybridized carbons (Fsp3) is 0.222. The number of hydrogen-bond acceptors (Lipinski definition) is 4. The number of nitrogens with one attached hydrogen (secondary N) is 1. The number of nitrogen functional groups attached to an aromatic ring is 1. The van der Waals surface area contributed by atoms with Gasteiger partial charge in [-0.2, -0.15) is 0 Å². The zero-order valence-electron chi connectivity index (χ0n) is 18.7. The molecule has 0 unspecified atom stereocenters. The molecule has 4 rings (SSSR count). The van der Waals surface area contributed by atoms with Gasteiger partial charge in [-0.05, 0) is 23.1 Å². The number of benzene rings is 3. The van der Waals surface area contributed by atoms with E-state index < -0.39 is 0 Å². The number of nitrogens with two attached hydrogens (primary N) is 1. The molecule has 0 aliphatic carbocycles. The lowest BCUT2D eigenvalue weighted by atomic mass is 10.1. The molecule has 166 valence electrons. The lowest BCUT2D eigenvalue weighted by Crippen LogP contribution is -2.25. The monoisotopic (exact) mass is 446 g/mol. The van der Waals surface area contributed by atoms with Crippen LogP contribution in [0.25, 0.3) is 10.9 Å². The summed E-state index contributed by atoms with van der Waals surface area (Å²) in [5.74, 6) is 1.33. The Kier molecular flexibility index (Phi) is 7.96. The third-order valence-corrected chi connectivity index (χ3v) is 5.33. The van der Waals surface area contributed by atoms with Crippen LogP contribution in [-0.4, -0.2) is 11.5 Å². The molecule has 1 heterocycles. The van der Waals surface area contributed by atoms with E-state index in [1.807, 2.05) is 24.3 Å². The fourth-order valence-electron chi connectivity index (χ4n) is 3.76. The van der Waals surface area contributed by atoms with Gasteiger partial charge in [0, 0.05) is 25.0 Å². The van der Waals surface area contributed by atoms with Crippen molar-refractivity contribution < 1.29 is 0 Å². The predicted molar refractivity (Wildman–Crippen MR) is 140 cm³/mol. The van der Waals surface area contributed by atoms with Crippen LogP contribution in [0.1, 0.15) is 25.0 Å². The van der Waals surface area contributed by atoms with Crippen LogP contribution in [-0.2, 0) is 13.1 Å². The van der Waals surface area contributed by atoms with Crippen LogP contribution in [0.5, 0.6) is 0 Å². The first kappa shape index (κ1) is 23.4. The Balaban J connectivity index is 0.00000289. The van der Waals surface area contributed by atoms with E-state index in [-0.39, 0.29) is 12.4 Å². The van der Waals surface area contributed by atoms with Gasteiger partial charge in [0.05, 0.1) is 16.9 Å². The lowest BCUT2D eigenvalue weighted by molar-refractivity contribution is 0.689. The van der Waals surface area contributed by atoms with Gasteiger partial charge in [0.25, 0.3) is 0 Å². The number of hydrogen-bond donors (Lipinski definition) is 2. The molecule has 1 aromatic heterocycles. The summed E-state index contributed by atoms with van der Waals surface area (Å²) >= 11 is 0. The number of anilines is 3. The number of pyridine rings is 1. The van der Waals surface area contributed by atoms with Gasteiger partial charge in [0.2, 0.25) is 0 Å². The molecule has 32 heavy (non-hydrogen) atoms. The van der Waals surface area contributed by atoms with E-state index in [1.54, 1.807) is 0 Å². The minimum absolute atomic E-state index is 0. The average Bonchev–Trinajstić information content (AvgIpc) is 2.79. The van der Waals surface area contributed by atoms with Crippen LogP contribution < -0.4 is 16.0 Å². The van der Waals surface area contributed by atoms with Crippen molar-refractivity contribution in [3.8, 4) is 0 Å². The van der Waals surface area contributed by atoms with Crippen molar-refractivity contribution in [3.05, 3.63) is 96.1 Å². The molecule has 0 aliphatic rings. The van der Waals surface area contributed by atoms with Crippen LogP contribution >= 0.6 is 12.4 Å². The van der Waals surface area contributed by atoms with Crippen molar-refractivity contribution in [2.24, 2.45) is 5.92 Å². The van der Waals surface area contributed by atoms with Gasteiger partial charge in [0.1, 0.15) is 0 Å². The quantitative estimate of drug-likeness (QED) is 0.323. The standard InChI is InChI=1S/C27H30N4.ClH/c1-20(2)17-29-26-23-15-9-10-16-24(23)30-27(25(26)28)31(18-21-11-5-3-6-12-21)19-22-13-7-4-8-14-22;/h3-16,20H,17-19,28H2,1-2H3,(H,29,30);1H.